The minimum atomic E-state index is -0.438. The van der Waals surface area contributed by atoms with Crippen LogP contribution in [0.25, 0.3) is 17.3 Å². The fraction of sp³-hybridized carbons (Fsp3) is 0.0952. The van der Waals surface area contributed by atoms with E-state index in [9.17, 15) is 9.90 Å². The third kappa shape index (κ3) is 2.84. The number of rotatable bonds is 2. The smallest absolute Gasteiger partial charge is 0.262 e. The lowest BCUT2D eigenvalue weighted by Crippen LogP contribution is -2.16. The number of hydrogen-bond donors (Lipinski definition) is 2. The van der Waals surface area contributed by atoms with Crippen molar-refractivity contribution in [2.24, 2.45) is 4.99 Å². The van der Waals surface area contributed by atoms with Crippen LogP contribution < -0.4 is 5.56 Å². The maximum Gasteiger partial charge on any atom is 0.262 e. The molecule has 5 nitrogen and oxygen atoms in total. The predicted octanol–water partition coefficient (Wildman–Crippen LogP) is 4.56. The Morgan fingerprint density at radius 3 is 2.59 bits per heavy atom. The summed E-state index contributed by atoms with van der Waals surface area (Å²) in [6.07, 6.45) is 1.67. The van der Waals surface area contributed by atoms with Crippen molar-refractivity contribution in [1.82, 2.24) is 9.55 Å². The number of fused-ring (bicyclic) bond motifs is 1. The summed E-state index contributed by atoms with van der Waals surface area (Å²) < 4.78 is 1.62. The van der Waals surface area contributed by atoms with Gasteiger partial charge in [0.2, 0.25) is 5.88 Å². The molecule has 27 heavy (non-hydrogen) atoms. The molecular weight excluding hydrogens is 358 g/mol. The molecule has 1 aliphatic rings. The number of aromatic hydroxyl groups is 1. The molecule has 6 heteroatoms. The number of H-pyrrole nitrogens is 1. The maximum atomic E-state index is 12.6. The zero-order valence-corrected chi connectivity index (χ0v) is 15.7. The lowest BCUT2D eigenvalue weighted by molar-refractivity contribution is 0.431. The van der Waals surface area contributed by atoms with Crippen molar-refractivity contribution in [2.45, 2.75) is 13.8 Å². The van der Waals surface area contributed by atoms with Gasteiger partial charge in [-0.05, 0) is 49.8 Å². The van der Waals surface area contributed by atoms with Crippen LogP contribution in [0.3, 0.4) is 0 Å². The summed E-state index contributed by atoms with van der Waals surface area (Å²) in [6.45, 7) is 3.80. The molecule has 2 heterocycles. The van der Waals surface area contributed by atoms with Crippen LogP contribution in [0.5, 0.6) is 5.88 Å². The Balaban J connectivity index is 1.98. The largest absolute Gasteiger partial charge is 0.494 e. The molecule has 0 radical (unpaired) electrons. The summed E-state index contributed by atoms with van der Waals surface area (Å²) in [7, 11) is 0. The van der Waals surface area contributed by atoms with Crippen LogP contribution in [0.15, 0.2) is 58.3 Å². The highest BCUT2D eigenvalue weighted by Crippen LogP contribution is 2.36. The van der Waals surface area contributed by atoms with Gasteiger partial charge >= 0.3 is 0 Å². The monoisotopic (exact) mass is 375 g/mol. The highest BCUT2D eigenvalue weighted by Gasteiger charge is 2.20. The second-order valence-electron chi connectivity index (χ2n) is 6.39. The average Bonchev–Trinajstić information content (AvgIpc) is 2.95. The van der Waals surface area contributed by atoms with E-state index in [-0.39, 0.29) is 16.2 Å². The normalized spacial score (nSPS) is 14.3. The van der Waals surface area contributed by atoms with Crippen LogP contribution in [-0.2, 0) is 0 Å². The van der Waals surface area contributed by atoms with Crippen molar-refractivity contribution >= 4 is 35.3 Å². The summed E-state index contributed by atoms with van der Waals surface area (Å²) in [5, 5.41) is 10.9. The number of aromatic amines is 1. The van der Waals surface area contributed by atoms with E-state index in [1.165, 1.54) is 4.57 Å². The van der Waals surface area contributed by atoms with Crippen LogP contribution in [0.2, 0.25) is 0 Å². The van der Waals surface area contributed by atoms with Crippen LogP contribution in [-0.4, -0.2) is 20.4 Å². The van der Waals surface area contributed by atoms with Gasteiger partial charge in [0, 0.05) is 16.8 Å². The van der Waals surface area contributed by atoms with Crippen molar-refractivity contribution in [3.63, 3.8) is 0 Å². The third-order valence-corrected chi connectivity index (χ3v) is 4.92. The molecule has 0 saturated heterocycles. The van der Waals surface area contributed by atoms with Gasteiger partial charge in [-0.3, -0.25) is 19.3 Å². The van der Waals surface area contributed by atoms with E-state index in [4.69, 9.17) is 12.2 Å². The maximum absolute atomic E-state index is 12.6. The van der Waals surface area contributed by atoms with E-state index < -0.39 is 5.56 Å². The average molecular weight is 375 g/mol. The minimum absolute atomic E-state index is 0.145. The van der Waals surface area contributed by atoms with Gasteiger partial charge in [0.15, 0.2) is 4.77 Å². The van der Waals surface area contributed by atoms with Gasteiger partial charge in [-0.25, -0.2) is 0 Å². The Hall–Kier alpha value is -3.25. The molecule has 0 unspecified atom stereocenters. The van der Waals surface area contributed by atoms with Gasteiger partial charge in [0.25, 0.3) is 5.56 Å². The fourth-order valence-electron chi connectivity index (χ4n) is 3.27. The van der Waals surface area contributed by atoms with Crippen molar-refractivity contribution in [1.29, 1.82) is 0 Å². The zero-order chi connectivity index (χ0) is 19.1. The van der Waals surface area contributed by atoms with E-state index in [2.05, 4.69) is 9.98 Å². The topological polar surface area (TPSA) is 70.4 Å². The molecule has 0 spiro atoms. The fourth-order valence-corrected chi connectivity index (χ4v) is 3.55. The van der Waals surface area contributed by atoms with Crippen molar-refractivity contribution < 1.29 is 5.11 Å². The summed E-state index contributed by atoms with van der Waals surface area (Å²) in [6, 6.07) is 15.2. The standard InChI is InChI=1S/C21H17N3O2S/c1-12-7-3-6-10-18(12)24-20(26)16(19(25)23-21(24)27)11-15-13(2)22-17-9-5-4-8-14(15)17/h3-11,26H,1-2H3,(H,23,25,27)/b15-11+. The van der Waals surface area contributed by atoms with Gasteiger partial charge in [0.05, 0.1) is 11.4 Å². The van der Waals surface area contributed by atoms with Crippen molar-refractivity contribution in [3.8, 4) is 11.6 Å². The van der Waals surface area contributed by atoms with Crippen LogP contribution >= 0.6 is 12.2 Å². The second kappa shape index (κ2) is 6.48. The number of allylic oxidation sites excluding steroid dienone is 1. The van der Waals surface area contributed by atoms with Gasteiger partial charge in [-0.15, -0.1) is 0 Å². The van der Waals surface area contributed by atoms with E-state index in [1.807, 2.05) is 62.4 Å². The highest BCUT2D eigenvalue weighted by atomic mass is 32.1. The second-order valence-corrected chi connectivity index (χ2v) is 6.78. The molecule has 0 bridgehead atoms. The Bertz CT molecular complexity index is 1250. The van der Waals surface area contributed by atoms with Gasteiger partial charge in [-0.2, -0.15) is 0 Å². The molecule has 0 amide bonds. The number of hydrogen-bond acceptors (Lipinski definition) is 4. The summed E-state index contributed by atoms with van der Waals surface area (Å²) >= 11 is 5.30. The van der Waals surface area contributed by atoms with E-state index in [1.54, 1.807) is 6.08 Å². The number of benzene rings is 2. The summed E-state index contributed by atoms with van der Waals surface area (Å²) in [4.78, 5) is 19.7. The molecule has 2 aromatic carbocycles. The number of nitrogens with zero attached hydrogens (tertiary/aromatic N) is 2. The molecule has 2 N–H and O–H groups in total. The molecule has 1 aliphatic heterocycles. The Morgan fingerprint density at radius 2 is 1.81 bits per heavy atom. The number of nitrogens with one attached hydrogen (secondary N) is 1. The first kappa shape index (κ1) is 17.2. The lowest BCUT2D eigenvalue weighted by Gasteiger charge is -2.14. The molecule has 0 fully saturated rings. The van der Waals surface area contributed by atoms with Gasteiger partial charge < -0.3 is 5.11 Å². The van der Waals surface area contributed by atoms with Gasteiger partial charge in [0.1, 0.15) is 5.56 Å². The first-order chi connectivity index (χ1) is 13.0. The van der Waals surface area contributed by atoms with Crippen LogP contribution in [0, 0.1) is 11.7 Å². The minimum Gasteiger partial charge on any atom is -0.494 e. The van der Waals surface area contributed by atoms with Crippen LogP contribution in [0.4, 0.5) is 5.69 Å². The zero-order valence-electron chi connectivity index (χ0n) is 14.9. The first-order valence-corrected chi connectivity index (χ1v) is 8.89. The number of aromatic nitrogens is 2. The molecule has 0 aliphatic carbocycles. The summed E-state index contributed by atoms with van der Waals surface area (Å²) in [5.74, 6) is -0.192. The predicted molar refractivity (Wildman–Crippen MR) is 111 cm³/mol. The Kier molecular flexibility index (Phi) is 4.12. The lowest BCUT2D eigenvalue weighted by atomic mass is 10.0. The molecule has 3 aromatic rings. The number of para-hydroxylation sites is 2. The Labute approximate surface area is 161 Å². The Morgan fingerprint density at radius 1 is 1.11 bits per heavy atom. The molecule has 134 valence electrons. The van der Waals surface area contributed by atoms with Crippen LogP contribution in [0.1, 0.15) is 23.6 Å². The van der Waals surface area contributed by atoms with E-state index in [0.29, 0.717) is 5.69 Å². The van der Waals surface area contributed by atoms with E-state index in [0.717, 1.165) is 28.1 Å². The van der Waals surface area contributed by atoms with Crippen molar-refractivity contribution in [3.05, 3.63) is 80.3 Å². The molecule has 0 saturated carbocycles. The van der Waals surface area contributed by atoms with Gasteiger partial charge in [-0.1, -0.05) is 36.4 Å². The highest BCUT2D eigenvalue weighted by molar-refractivity contribution is 7.71. The molecular formula is C21H17N3O2S. The molecule has 0 atom stereocenters. The molecule has 1 aromatic heterocycles. The first-order valence-electron chi connectivity index (χ1n) is 8.48. The SMILES string of the molecule is CC1=Nc2ccccc2/C1=C/c1c(O)n(-c2ccccc2C)c(=S)[nH]c1=O. The summed E-state index contributed by atoms with van der Waals surface area (Å²) in [5.41, 5.74) is 4.73. The third-order valence-electron chi connectivity index (χ3n) is 4.64. The quantitative estimate of drug-likeness (QED) is 0.645. The van der Waals surface area contributed by atoms with E-state index >= 15 is 0 Å². The molecule has 4 rings (SSSR count). The van der Waals surface area contributed by atoms with Crippen molar-refractivity contribution in [2.75, 3.05) is 0 Å². The number of aryl methyl sites for hydroxylation is 1. The number of aliphatic imine (C=N–C) groups is 1.